The lowest BCUT2D eigenvalue weighted by molar-refractivity contribution is -0.141. The van der Waals surface area contributed by atoms with Crippen molar-refractivity contribution in [1.29, 1.82) is 0 Å². The molecule has 0 atom stereocenters. The number of thiazole rings is 1. The zero-order chi connectivity index (χ0) is 21.0. The van der Waals surface area contributed by atoms with Gasteiger partial charge in [-0.3, -0.25) is 9.59 Å². The number of hydrogen-bond donors (Lipinski definition) is 0. The Balaban J connectivity index is 2.09. The Morgan fingerprint density at radius 1 is 0.966 bits per heavy atom. The summed E-state index contributed by atoms with van der Waals surface area (Å²) in [5, 5.41) is 0. The summed E-state index contributed by atoms with van der Waals surface area (Å²) in [6.45, 7) is -0.121. The second kappa shape index (κ2) is 8.70. The van der Waals surface area contributed by atoms with Crippen LogP contribution in [0.3, 0.4) is 0 Å². The van der Waals surface area contributed by atoms with Crippen LogP contribution in [0.1, 0.15) is 20.7 Å². The lowest BCUT2D eigenvalue weighted by atomic mass is 10.1. The summed E-state index contributed by atoms with van der Waals surface area (Å²) < 4.78 is 17.2. The quantitative estimate of drug-likeness (QED) is 0.595. The fourth-order valence-electron chi connectivity index (χ4n) is 2.71. The first-order valence-electron chi connectivity index (χ1n) is 8.49. The maximum atomic E-state index is 12.7. The Bertz CT molecular complexity index is 1140. The molecule has 0 saturated carbocycles. The van der Waals surface area contributed by atoms with Gasteiger partial charge >= 0.3 is 11.9 Å². The zero-order valence-corrected chi connectivity index (χ0v) is 16.8. The third kappa shape index (κ3) is 4.19. The molecule has 0 saturated heterocycles. The summed E-state index contributed by atoms with van der Waals surface area (Å²) >= 11 is 1.25. The van der Waals surface area contributed by atoms with E-state index in [1.165, 1.54) is 56.9 Å². The van der Waals surface area contributed by atoms with Crippen molar-refractivity contribution in [2.45, 2.75) is 6.54 Å². The van der Waals surface area contributed by atoms with Gasteiger partial charge in [0.15, 0.2) is 4.80 Å². The SMILES string of the molecule is COC(=O)Cn1c(=NC(=O)c2ccc(C(=O)OC)cc2)sc2cccc(OC)c21. The maximum Gasteiger partial charge on any atom is 0.337 e. The highest BCUT2D eigenvalue weighted by Gasteiger charge is 2.16. The minimum absolute atomic E-state index is 0.121. The number of benzene rings is 2. The largest absolute Gasteiger partial charge is 0.495 e. The third-order valence-electron chi connectivity index (χ3n) is 4.15. The molecule has 1 heterocycles. The van der Waals surface area contributed by atoms with Crippen molar-refractivity contribution >= 4 is 39.4 Å². The van der Waals surface area contributed by atoms with E-state index in [0.29, 0.717) is 27.2 Å². The van der Waals surface area contributed by atoms with Gasteiger partial charge in [-0.1, -0.05) is 17.4 Å². The van der Waals surface area contributed by atoms with E-state index in [2.05, 4.69) is 9.73 Å². The Morgan fingerprint density at radius 2 is 1.66 bits per heavy atom. The fourth-order valence-corrected chi connectivity index (χ4v) is 3.75. The molecule has 0 bridgehead atoms. The van der Waals surface area contributed by atoms with Crippen LogP contribution in [0.15, 0.2) is 47.5 Å². The number of para-hydroxylation sites is 1. The maximum absolute atomic E-state index is 12.7. The van der Waals surface area contributed by atoms with Crippen molar-refractivity contribution in [2.75, 3.05) is 21.3 Å². The smallest absolute Gasteiger partial charge is 0.337 e. The van der Waals surface area contributed by atoms with Crippen LogP contribution in [-0.2, 0) is 20.8 Å². The average Bonchev–Trinajstić information content (AvgIpc) is 3.09. The standard InChI is InChI=1S/C20H18N2O6S/c1-26-14-5-4-6-15-17(14)22(11-16(23)27-2)20(29-15)21-18(24)12-7-9-13(10-8-12)19(25)28-3/h4-10H,11H2,1-3H3. The van der Waals surface area contributed by atoms with Gasteiger partial charge in [-0.05, 0) is 36.4 Å². The van der Waals surface area contributed by atoms with Crippen molar-refractivity contribution in [3.8, 4) is 5.75 Å². The molecular weight excluding hydrogens is 396 g/mol. The van der Waals surface area contributed by atoms with Crippen LogP contribution in [0.2, 0.25) is 0 Å². The summed E-state index contributed by atoms with van der Waals surface area (Å²) in [5.41, 5.74) is 1.28. The third-order valence-corrected chi connectivity index (χ3v) is 5.19. The molecule has 0 radical (unpaired) electrons. The Hall–Kier alpha value is -3.46. The summed E-state index contributed by atoms with van der Waals surface area (Å²) in [6, 6.07) is 11.4. The van der Waals surface area contributed by atoms with Gasteiger partial charge in [-0.2, -0.15) is 4.99 Å². The second-order valence-corrected chi connectivity index (χ2v) is 6.85. The van der Waals surface area contributed by atoms with Gasteiger partial charge < -0.3 is 18.8 Å². The number of methoxy groups -OCH3 is 3. The molecule has 0 fully saturated rings. The van der Waals surface area contributed by atoms with Gasteiger partial charge in [0, 0.05) is 5.56 Å². The molecule has 8 nitrogen and oxygen atoms in total. The molecule has 0 aliphatic heterocycles. The average molecular weight is 414 g/mol. The minimum Gasteiger partial charge on any atom is -0.495 e. The van der Waals surface area contributed by atoms with E-state index in [1.807, 2.05) is 12.1 Å². The summed E-state index contributed by atoms with van der Waals surface area (Å²) in [7, 11) is 4.10. The highest BCUT2D eigenvalue weighted by molar-refractivity contribution is 7.16. The molecule has 0 unspecified atom stereocenters. The van der Waals surface area contributed by atoms with Crippen LogP contribution in [0.4, 0.5) is 0 Å². The highest BCUT2D eigenvalue weighted by atomic mass is 32.1. The second-order valence-electron chi connectivity index (χ2n) is 5.84. The van der Waals surface area contributed by atoms with Crippen molar-refractivity contribution in [3.05, 3.63) is 58.4 Å². The van der Waals surface area contributed by atoms with Crippen LogP contribution < -0.4 is 9.54 Å². The Labute approximate surface area is 170 Å². The van der Waals surface area contributed by atoms with E-state index in [-0.39, 0.29) is 6.54 Å². The molecule has 3 rings (SSSR count). The van der Waals surface area contributed by atoms with Gasteiger partial charge in [0.2, 0.25) is 0 Å². The molecule has 1 aromatic heterocycles. The van der Waals surface area contributed by atoms with Gasteiger partial charge in [-0.15, -0.1) is 0 Å². The van der Waals surface area contributed by atoms with Crippen LogP contribution in [-0.4, -0.2) is 43.7 Å². The number of carbonyl (C=O) groups excluding carboxylic acids is 3. The Kier molecular flexibility index (Phi) is 6.08. The number of rotatable bonds is 5. The molecule has 29 heavy (non-hydrogen) atoms. The Morgan fingerprint density at radius 3 is 2.28 bits per heavy atom. The zero-order valence-electron chi connectivity index (χ0n) is 16.0. The number of ether oxygens (including phenoxy) is 3. The van der Waals surface area contributed by atoms with Crippen molar-refractivity contribution in [1.82, 2.24) is 4.57 Å². The number of amides is 1. The molecule has 0 spiro atoms. The molecule has 9 heteroatoms. The van der Waals surface area contributed by atoms with Crippen LogP contribution in [0.5, 0.6) is 5.75 Å². The van der Waals surface area contributed by atoms with E-state index < -0.39 is 17.8 Å². The first kappa shape index (κ1) is 20.3. The molecule has 3 aromatic rings. The number of carbonyl (C=O) groups is 3. The number of fused-ring (bicyclic) bond motifs is 1. The van der Waals surface area contributed by atoms with Crippen LogP contribution >= 0.6 is 11.3 Å². The topological polar surface area (TPSA) is 96.2 Å². The van der Waals surface area contributed by atoms with Gasteiger partial charge in [0.1, 0.15) is 17.8 Å². The molecule has 150 valence electrons. The van der Waals surface area contributed by atoms with E-state index >= 15 is 0 Å². The number of hydrogen-bond acceptors (Lipinski definition) is 7. The van der Waals surface area contributed by atoms with E-state index in [4.69, 9.17) is 9.47 Å². The molecule has 0 aliphatic carbocycles. The molecule has 0 aliphatic rings. The van der Waals surface area contributed by atoms with E-state index in [9.17, 15) is 14.4 Å². The number of aromatic nitrogens is 1. The van der Waals surface area contributed by atoms with Crippen LogP contribution in [0, 0.1) is 0 Å². The minimum atomic E-state index is -0.509. The van der Waals surface area contributed by atoms with Gasteiger partial charge in [0.05, 0.1) is 31.6 Å². The molecular formula is C20H18N2O6S. The highest BCUT2D eigenvalue weighted by Crippen LogP contribution is 2.27. The van der Waals surface area contributed by atoms with Crippen molar-refractivity contribution in [2.24, 2.45) is 4.99 Å². The van der Waals surface area contributed by atoms with Crippen molar-refractivity contribution in [3.63, 3.8) is 0 Å². The van der Waals surface area contributed by atoms with E-state index in [0.717, 1.165) is 4.70 Å². The lowest BCUT2D eigenvalue weighted by Gasteiger charge is -2.07. The van der Waals surface area contributed by atoms with Gasteiger partial charge in [0.25, 0.3) is 5.91 Å². The number of esters is 2. The molecule has 0 N–H and O–H groups in total. The normalized spacial score (nSPS) is 11.3. The van der Waals surface area contributed by atoms with E-state index in [1.54, 1.807) is 10.6 Å². The summed E-state index contributed by atoms with van der Waals surface area (Å²) in [5.74, 6) is -0.926. The predicted molar refractivity (Wildman–Crippen MR) is 106 cm³/mol. The number of nitrogens with zero attached hydrogens (tertiary/aromatic N) is 2. The van der Waals surface area contributed by atoms with Gasteiger partial charge in [-0.25, -0.2) is 4.79 Å². The summed E-state index contributed by atoms with van der Waals surface area (Å²) in [4.78, 5) is 40.6. The summed E-state index contributed by atoms with van der Waals surface area (Å²) in [6.07, 6.45) is 0. The lowest BCUT2D eigenvalue weighted by Crippen LogP contribution is -2.22. The first-order chi connectivity index (χ1) is 14.0. The first-order valence-corrected chi connectivity index (χ1v) is 9.30. The van der Waals surface area contributed by atoms with Crippen LogP contribution in [0.25, 0.3) is 10.2 Å². The molecule has 1 amide bonds. The fraction of sp³-hybridized carbons (Fsp3) is 0.200. The molecule has 2 aromatic carbocycles. The monoisotopic (exact) mass is 414 g/mol. The van der Waals surface area contributed by atoms with Crippen molar-refractivity contribution < 1.29 is 28.6 Å². The predicted octanol–water partition coefficient (Wildman–Crippen LogP) is 2.41.